The van der Waals surface area contributed by atoms with E-state index in [2.05, 4.69) is 32.8 Å². The Hall–Kier alpha value is -0.690. The molecule has 1 heterocycles. The SMILES string of the molecule is O=C(NC(=S)N1CCCCC1)c1ccccc1I. The molecule has 1 aliphatic heterocycles. The predicted molar refractivity (Wildman–Crippen MR) is 84.6 cm³/mol. The minimum atomic E-state index is -0.115. The Morgan fingerprint density at radius 2 is 1.89 bits per heavy atom. The highest BCUT2D eigenvalue weighted by Gasteiger charge is 2.17. The zero-order chi connectivity index (χ0) is 13.0. The smallest absolute Gasteiger partial charge is 0.258 e. The molecule has 0 unspecified atom stereocenters. The molecule has 1 amide bonds. The molecule has 96 valence electrons. The van der Waals surface area contributed by atoms with Gasteiger partial charge >= 0.3 is 0 Å². The van der Waals surface area contributed by atoms with Gasteiger partial charge in [-0.3, -0.25) is 10.1 Å². The van der Waals surface area contributed by atoms with Crippen LogP contribution >= 0.6 is 34.8 Å². The van der Waals surface area contributed by atoms with Crippen LogP contribution in [0.2, 0.25) is 0 Å². The van der Waals surface area contributed by atoms with E-state index in [1.807, 2.05) is 24.3 Å². The highest BCUT2D eigenvalue weighted by Crippen LogP contribution is 2.12. The Labute approximate surface area is 126 Å². The summed E-state index contributed by atoms with van der Waals surface area (Å²) in [5, 5.41) is 3.38. The first-order valence-electron chi connectivity index (χ1n) is 6.03. The summed E-state index contributed by atoms with van der Waals surface area (Å²) in [7, 11) is 0. The van der Waals surface area contributed by atoms with Crippen LogP contribution in [0.5, 0.6) is 0 Å². The maximum Gasteiger partial charge on any atom is 0.258 e. The van der Waals surface area contributed by atoms with Crippen molar-refractivity contribution in [2.75, 3.05) is 13.1 Å². The summed E-state index contributed by atoms with van der Waals surface area (Å²) >= 11 is 7.44. The van der Waals surface area contributed by atoms with Gasteiger partial charge in [0, 0.05) is 16.7 Å². The van der Waals surface area contributed by atoms with Crippen molar-refractivity contribution in [3.05, 3.63) is 33.4 Å². The van der Waals surface area contributed by atoms with Gasteiger partial charge in [0.25, 0.3) is 5.91 Å². The minimum Gasteiger partial charge on any atom is -0.349 e. The lowest BCUT2D eigenvalue weighted by Crippen LogP contribution is -2.45. The number of benzene rings is 1. The first-order chi connectivity index (χ1) is 8.68. The average Bonchev–Trinajstić information content (AvgIpc) is 2.40. The number of amides is 1. The van der Waals surface area contributed by atoms with Crippen molar-refractivity contribution in [3.63, 3.8) is 0 Å². The Balaban J connectivity index is 1.99. The van der Waals surface area contributed by atoms with E-state index in [0.717, 1.165) is 29.5 Å². The van der Waals surface area contributed by atoms with E-state index in [0.29, 0.717) is 10.7 Å². The summed E-state index contributed by atoms with van der Waals surface area (Å²) in [5.74, 6) is -0.115. The maximum absolute atomic E-state index is 12.1. The van der Waals surface area contributed by atoms with Gasteiger partial charge in [-0.25, -0.2) is 0 Å². The van der Waals surface area contributed by atoms with E-state index in [1.165, 1.54) is 6.42 Å². The zero-order valence-electron chi connectivity index (χ0n) is 9.99. The molecule has 1 fully saturated rings. The summed E-state index contributed by atoms with van der Waals surface area (Å²) < 4.78 is 0.939. The minimum absolute atomic E-state index is 0.115. The number of rotatable bonds is 1. The fraction of sp³-hybridized carbons (Fsp3) is 0.385. The summed E-state index contributed by atoms with van der Waals surface area (Å²) in [6, 6.07) is 7.51. The van der Waals surface area contributed by atoms with E-state index in [1.54, 1.807) is 0 Å². The summed E-state index contributed by atoms with van der Waals surface area (Å²) in [5.41, 5.74) is 0.678. The van der Waals surface area contributed by atoms with Gasteiger partial charge in [0.15, 0.2) is 5.11 Å². The van der Waals surface area contributed by atoms with Crippen molar-refractivity contribution < 1.29 is 4.79 Å². The lowest BCUT2D eigenvalue weighted by atomic mass is 10.1. The molecule has 5 heteroatoms. The summed E-state index contributed by atoms with van der Waals surface area (Å²) in [4.78, 5) is 14.2. The highest BCUT2D eigenvalue weighted by molar-refractivity contribution is 14.1. The van der Waals surface area contributed by atoms with Crippen LogP contribution in [0.25, 0.3) is 0 Å². The standard InChI is InChI=1S/C13H15IN2OS/c14-11-7-3-2-6-10(11)12(17)15-13(18)16-8-4-1-5-9-16/h2-3,6-7H,1,4-5,8-9H2,(H,15,17,18). The van der Waals surface area contributed by atoms with E-state index in [9.17, 15) is 4.79 Å². The van der Waals surface area contributed by atoms with Crippen LogP contribution in [0, 0.1) is 3.57 Å². The third-order valence-corrected chi connectivity index (χ3v) is 4.28. The van der Waals surface area contributed by atoms with Gasteiger partial charge in [0.2, 0.25) is 0 Å². The molecule has 0 saturated carbocycles. The number of likely N-dealkylation sites (tertiary alicyclic amines) is 1. The molecule has 0 radical (unpaired) electrons. The van der Waals surface area contributed by atoms with Gasteiger partial charge in [-0.1, -0.05) is 12.1 Å². The zero-order valence-corrected chi connectivity index (χ0v) is 13.0. The van der Waals surface area contributed by atoms with Gasteiger partial charge in [0.05, 0.1) is 5.56 Å². The third-order valence-electron chi connectivity index (χ3n) is 2.98. The molecule has 0 bridgehead atoms. The number of hydrogen-bond acceptors (Lipinski definition) is 2. The van der Waals surface area contributed by atoms with Crippen LogP contribution in [-0.4, -0.2) is 29.0 Å². The van der Waals surface area contributed by atoms with Crippen molar-refractivity contribution in [2.45, 2.75) is 19.3 Å². The van der Waals surface area contributed by atoms with Crippen LogP contribution < -0.4 is 5.32 Å². The second-order valence-electron chi connectivity index (χ2n) is 4.29. The summed E-state index contributed by atoms with van der Waals surface area (Å²) in [6.07, 6.45) is 3.56. The maximum atomic E-state index is 12.1. The topological polar surface area (TPSA) is 32.3 Å². The molecule has 0 aliphatic carbocycles. The van der Waals surface area contributed by atoms with Crippen LogP contribution in [0.4, 0.5) is 0 Å². The number of hydrogen-bond donors (Lipinski definition) is 1. The molecule has 2 rings (SSSR count). The van der Waals surface area contributed by atoms with Gasteiger partial charge < -0.3 is 4.90 Å². The second-order valence-corrected chi connectivity index (χ2v) is 5.84. The fourth-order valence-electron chi connectivity index (χ4n) is 1.99. The van der Waals surface area contributed by atoms with Crippen LogP contribution in [-0.2, 0) is 0 Å². The van der Waals surface area contributed by atoms with Gasteiger partial charge in [0.1, 0.15) is 0 Å². The molecule has 1 saturated heterocycles. The van der Waals surface area contributed by atoms with Crippen molar-refractivity contribution in [1.82, 2.24) is 10.2 Å². The first kappa shape index (κ1) is 13.7. The molecule has 3 nitrogen and oxygen atoms in total. The highest BCUT2D eigenvalue weighted by atomic mass is 127. The first-order valence-corrected chi connectivity index (χ1v) is 7.52. The third kappa shape index (κ3) is 3.41. The molecule has 1 aliphatic rings. The Morgan fingerprint density at radius 1 is 1.22 bits per heavy atom. The normalized spacial score (nSPS) is 15.3. The van der Waals surface area contributed by atoms with Gasteiger partial charge in [-0.15, -0.1) is 0 Å². The quantitative estimate of drug-likeness (QED) is 0.606. The van der Waals surface area contributed by atoms with Crippen molar-refractivity contribution in [3.8, 4) is 0 Å². The number of piperidine rings is 1. The lowest BCUT2D eigenvalue weighted by Gasteiger charge is -2.28. The fourth-order valence-corrected chi connectivity index (χ4v) is 2.89. The van der Waals surface area contributed by atoms with Gasteiger partial charge in [-0.2, -0.15) is 0 Å². The number of halogens is 1. The largest absolute Gasteiger partial charge is 0.349 e. The molecule has 1 aromatic rings. The molecule has 18 heavy (non-hydrogen) atoms. The lowest BCUT2D eigenvalue weighted by molar-refractivity contribution is 0.0971. The molecule has 1 aromatic carbocycles. The van der Waals surface area contributed by atoms with E-state index < -0.39 is 0 Å². The molecule has 0 spiro atoms. The van der Waals surface area contributed by atoms with Crippen molar-refractivity contribution in [1.29, 1.82) is 0 Å². The molecular formula is C13H15IN2OS. The van der Waals surface area contributed by atoms with Crippen molar-refractivity contribution in [2.24, 2.45) is 0 Å². The Morgan fingerprint density at radius 3 is 2.56 bits per heavy atom. The monoisotopic (exact) mass is 374 g/mol. The van der Waals surface area contributed by atoms with Crippen LogP contribution in [0.3, 0.4) is 0 Å². The Bertz CT molecular complexity index is 458. The number of nitrogens with one attached hydrogen (secondary N) is 1. The molecule has 0 aromatic heterocycles. The van der Waals surface area contributed by atoms with Crippen LogP contribution in [0.15, 0.2) is 24.3 Å². The van der Waals surface area contributed by atoms with E-state index in [4.69, 9.17) is 12.2 Å². The van der Waals surface area contributed by atoms with Crippen LogP contribution in [0.1, 0.15) is 29.6 Å². The second kappa shape index (κ2) is 6.47. The average molecular weight is 374 g/mol. The van der Waals surface area contributed by atoms with Crippen molar-refractivity contribution >= 4 is 45.8 Å². The number of thiocarbonyl (C=S) groups is 1. The molecular weight excluding hydrogens is 359 g/mol. The number of carbonyl (C=O) groups is 1. The molecule has 0 atom stereocenters. The number of carbonyl (C=O) groups excluding carboxylic acids is 1. The summed E-state index contributed by atoms with van der Waals surface area (Å²) in [6.45, 7) is 1.90. The van der Waals surface area contributed by atoms with E-state index >= 15 is 0 Å². The molecule has 1 N–H and O–H groups in total. The Kier molecular flexibility index (Phi) is 4.94. The van der Waals surface area contributed by atoms with E-state index in [-0.39, 0.29) is 5.91 Å². The predicted octanol–water partition coefficient (Wildman–Crippen LogP) is 2.79. The number of nitrogens with zero attached hydrogens (tertiary/aromatic N) is 1. The van der Waals surface area contributed by atoms with Gasteiger partial charge in [-0.05, 0) is 66.2 Å².